The van der Waals surface area contributed by atoms with E-state index < -0.39 is 0 Å². The lowest BCUT2D eigenvalue weighted by Gasteiger charge is -2.09. The van der Waals surface area contributed by atoms with E-state index in [0.29, 0.717) is 17.9 Å². The van der Waals surface area contributed by atoms with Crippen LogP contribution in [0.3, 0.4) is 0 Å². The van der Waals surface area contributed by atoms with Gasteiger partial charge in [-0.2, -0.15) is 0 Å². The largest absolute Gasteiger partial charge is 0.494 e. The van der Waals surface area contributed by atoms with Gasteiger partial charge in [0.1, 0.15) is 12.1 Å². The van der Waals surface area contributed by atoms with E-state index in [4.69, 9.17) is 4.74 Å². The Labute approximate surface area is 179 Å². The van der Waals surface area contributed by atoms with Crippen molar-refractivity contribution in [3.8, 4) is 5.75 Å². The Balaban J connectivity index is 1.44. The van der Waals surface area contributed by atoms with Gasteiger partial charge in [0.05, 0.1) is 13.0 Å². The van der Waals surface area contributed by atoms with Crippen molar-refractivity contribution < 1.29 is 14.3 Å². The van der Waals surface area contributed by atoms with E-state index in [1.54, 1.807) is 30.2 Å². The Morgan fingerprint density at radius 2 is 1.73 bits per heavy atom. The van der Waals surface area contributed by atoms with Gasteiger partial charge in [0.2, 0.25) is 5.91 Å². The van der Waals surface area contributed by atoms with Gasteiger partial charge in [0, 0.05) is 18.4 Å². The van der Waals surface area contributed by atoms with E-state index >= 15 is 0 Å². The second-order valence-corrected chi connectivity index (χ2v) is 7.41. The minimum Gasteiger partial charge on any atom is -0.494 e. The molecule has 0 radical (unpaired) electrons. The minimum absolute atomic E-state index is 0.158. The number of aromatic nitrogens is 3. The van der Waals surface area contributed by atoms with Gasteiger partial charge in [0.15, 0.2) is 5.16 Å². The second kappa shape index (κ2) is 10.4. The SMILES string of the molecule is CCOc1ccc(CC(=O)NNC(=O)c2ccc(CSc3nncn3C)cc2)cc1. The quantitative estimate of drug-likeness (QED) is 0.425. The molecule has 1 heterocycles. The molecule has 0 aliphatic rings. The zero-order valence-electron chi connectivity index (χ0n) is 16.8. The van der Waals surface area contributed by atoms with Gasteiger partial charge in [-0.1, -0.05) is 36.0 Å². The summed E-state index contributed by atoms with van der Waals surface area (Å²) in [5, 5.41) is 8.69. The third kappa shape index (κ3) is 6.08. The summed E-state index contributed by atoms with van der Waals surface area (Å²) in [6.45, 7) is 2.50. The van der Waals surface area contributed by atoms with Crippen molar-refractivity contribution in [1.29, 1.82) is 0 Å². The van der Waals surface area contributed by atoms with Crippen LogP contribution in [0.2, 0.25) is 0 Å². The van der Waals surface area contributed by atoms with Gasteiger partial charge in [0.25, 0.3) is 5.91 Å². The molecule has 0 atom stereocenters. The fourth-order valence-corrected chi connectivity index (χ4v) is 3.45. The number of rotatable bonds is 8. The number of carbonyl (C=O) groups is 2. The van der Waals surface area contributed by atoms with Gasteiger partial charge >= 0.3 is 0 Å². The number of hydrogen-bond acceptors (Lipinski definition) is 6. The molecule has 0 bridgehead atoms. The first-order valence-electron chi connectivity index (χ1n) is 9.42. The Morgan fingerprint density at radius 1 is 1.03 bits per heavy atom. The predicted octanol–water partition coefficient (Wildman–Crippen LogP) is 2.51. The highest BCUT2D eigenvalue weighted by atomic mass is 32.2. The lowest BCUT2D eigenvalue weighted by Crippen LogP contribution is -2.42. The molecule has 30 heavy (non-hydrogen) atoms. The highest BCUT2D eigenvalue weighted by Gasteiger charge is 2.09. The molecule has 0 saturated carbocycles. The Kier molecular flexibility index (Phi) is 7.45. The molecule has 2 amide bonds. The molecule has 0 aliphatic carbocycles. The van der Waals surface area contributed by atoms with Gasteiger partial charge in [-0.15, -0.1) is 10.2 Å². The van der Waals surface area contributed by atoms with Crippen LogP contribution < -0.4 is 15.6 Å². The number of thioether (sulfide) groups is 1. The average molecular weight is 426 g/mol. The lowest BCUT2D eigenvalue weighted by molar-refractivity contribution is -0.121. The number of hydrogen-bond donors (Lipinski definition) is 2. The number of nitrogens with zero attached hydrogens (tertiary/aromatic N) is 3. The number of carbonyl (C=O) groups excluding carboxylic acids is 2. The van der Waals surface area contributed by atoms with Gasteiger partial charge in [-0.05, 0) is 42.3 Å². The van der Waals surface area contributed by atoms with E-state index in [-0.39, 0.29) is 18.2 Å². The van der Waals surface area contributed by atoms with E-state index in [1.165, 1.54) is 0 Å². The van der Waals surface area contributed by atoms with Crippen LogP contribution in [0.25, 0.3) is 0 Å². The van der Waals surface area contributed by atoms with Crippen LogP contribution in [0.15, 0.2) is 60.0 Å². The van der Waals surface area contributed by atoms with Gasteiger partial charge < -0.3 is 9.30 Å². The Morgan fingerprint density at radius 3 is 2.37 bits per heavy atom. The molecule has 0 saturated heterocycles. The van der Waals surface area contributed by atoms with Crippen molar-refractivity contribution in [2.24, 2.45) is 7.05 Å². The van der Waals surface area contributed by atoms with Crippen LogP contribution in [0.5, 0.6) is 5.75 Å². The number of ether oxygens (including phenoxy) is 1. The zero-order chi connectivity index (χ0) is 21.3. The van der Waals surface area contributed by atoms with Crippen LogP contribution in [-0.4, -0.2) is 33.2 Å². The lowest BCUT2D eigenvalue weighted by atomic mass is 10.1. The molecule has 3 rings (SSSR count). The average Bonchev–Trinajstić information content (AvgIpc) is 3.17. The summed E-state index contributed by atoms with van der Waals surface area (Å²) >= 11 is 1.56. The van der Waals surface area contributed by atoms with Gasteiger partial charge in [-0.25, -0.2) is 0 Å². The first-order chi connectivity index (χ1) is 14.5. The summed E-state index contributed by atoms with van der Waals surface area (Å²) in [5.41, 5.74) is 7.23. The van der Waals surface area contributed by atoms with Crippen molar-refractivity contribution in [2.45, 2.75) is 24.3 Å². The highest BCUT2D eigenvalue weighted by Crippen LogP contribution is 2.20. The Bertz CT molecular complexity index is 987. The molecule has 2 N–H and O–H groups in total. The maximum atomic E-state index is 12.2. The molecule has 0 unspecified atom stereocenters. The number of benzene rings is 2. The third-order valence-electron chi connectivity index (χ3n) is 4.17. The number of aryl methyl sites for hydroxylation is 1. The zero-order valence-corrected chi connectivity index (χ0v) is 17.6. The predicted molar refractivity (Wildman–Crippen MR) is 114 cm³/mol. The van der Waals surface area contributed by atoms with Crippen LogP contribution >= 0.6 is 11.8 Å². The van der Waals surface area contributed by atoms with Crippen molar-refractivity contribution in [2.75, 3.05) is 6.61 Å². The molecule has 9 heteroatoms. The van der Waals surface area contributed by atoms with Crippen molar-refractivity contribution in [3.05, 3.63) is 71.5 Å². The summed E-state index contributed by atoms with van der Waals surface area (Å²) in [6, 6.07) is 14.5. The molecule has 0 fully saturated rings. The first-order valence-corrected chi connectivity index (χ1v) is 10.4. The summed E-state index contributed by atoms with van der Waals surface area (Å²) in [6.07, 6.45) is 1.81. The van der Waals surface area contributed by atoms with E-state index in [9.17, 15) is 9.59 Å². The minimum atomic E-state index is -0.373. The number of nitrogens with one attached hydrogen (secondary N) is 2. The number of amides is 2. The normalized spacial score (nSPS) is 10.5. The topological polar surface area (TPSA) is 98.1 Å². The summed E-state index contributed by atoms with van der Waals surface area (Å²) in [4.78, 5) is 24.3. The second-order valence-electron chi connectivity index (χ2n) is 6.47. The van der Waals surface area contributed by atoms with Crippen molar-refractivity contribution >= 4 is 23.6 Å². The molecule has 0 spiro atoms. The summed E-state index contributed by atoms with van der Waals surface area (Å²) in [7, 11) is 1.89. The van der Waals surface area contributed by atoms with Crippen LogP contribution in [0.1, 0.15) is 28.4 Å². The summed E-state index contributed by atoms with van der Waals surface area (Å²) < 4.78 is 7.23. The molecule has 2 aromatic carbocycles. The first kappa shape index (κ1) is 21.4. The van der Waals surface area contributed by atoms with E-state index in [0.717, 1.165) is 22.0 Å². The third-order valence-corrected chi connectivity index (χ3v) is 5.27. The molecular formula is C21H23N5O3S. The summed E-state index contributed by atoms with van der Waals surface area (Å²) in [5.74, 6) is 0.799. The molecule has 156 valence electrons. The monoisotopic (exact) mass is 425 g/mol. The van der Waals surface area contributed by atoms with Crippen LogP contribution in [0, 0.1) is 0 Å². The maximum Gasteiger partial charge on any atom is 0.269 e. The molecule has 0 aliphatic heterocycles. The smallest absolute Gasteiger partial charge is 0.269 e. The van der Waals surface area contributed by atoms with Crippen molar-refractivity contribution in [3.63, 3.8) is 0 Å². The van der Waals surface area contributed by atoms with E-state index in [1.807, 2.05) is 54.9 Å². The van der Waals surface area contributed by atoms with Crippen LogP contribution in [-0.2, 0) is 24.0 Å². The maximum absolute atomic E-state index is 12.2. The standard InChI is InChI=1S/C21H23N5O3S/c1-3-29-18-10-6-15(7-11-18)12-19(27)23-24-20(28)17-8-4-16(5-9-17)13-30-21-25-22-14-26(21)2/h4-11,14H,3,12-13H2,1-2H3,(H,23,27)(H,24,28). The molecule has 3 aromatic rings. The Hall–Kier alpha value is -3.33. The van der Waals surface area contributed by atoms with Crippen molar-refractivity contribution in [1.82, 2.24) is 25.6 Å². The molecular weight excluding hydrogens is 402 g/mol. The van der Waals surface area contributed by atoms with Crippen LogP contribution in [0.4, 0.5) is 0 Å². The fourth-order valence-electron chi connectivity index (χ4n) is 2.60. The highest BCUT2D eigenvalue weighted by molar-refractivity contribution is 7.98. The number of hydrazine groups is 1. The van der Waals surface area contributed by atoms with E-state index in [2.05, 4.69) is 21.0 Å². The molecule has 1 aromatic heterocycles. The fraction of sp³-hybridized carbons (Fsp3) is 0.238. The van der Waals surface area contributed by atoms with Gasteiger partial charge in [-0.3, -0.25) is 20.4 Å². The molecule has 8 nitrogen and oxygen atoms in total.